The summed E-state index contributed by atoms with van der Waals surface area (Å²) in [6, 6.07) is 15.2. The Kier molecular flexibility index (Phi) is 7.23. The molecule has 0 unspecified atom stereocenters. The Morgan fingerprint density at radius 3 is 2.18 bits per heavy atom. The number of benzene rings is 3. The molecule has 0 atom stereocenters. The first kappa shape index (κ1) is 23.7. The fraction of sp³-hybridized carbons (Fsp3) is 0.154. The van der Waals surface area contributed by atoms with Gasteiger partial charge in [0.05, 0.1) is 5.56 Å². The van der Waals surface area contributed by atoms with Crippen molar-refractivity contribution in [2.24, 2.45) is 0 Å². The van der Waals surface area contributed by atoms with Crippen LogP contribution in [0.3, 0.4) is 0 Å². The molecule has 5 nitrogen and oxygen atoms in total. The third-order valence-electron chi connectivity index (χ3n) is 4.68. The van der Waals surface area contributed by atoms with E-state index >= 15 is 0 Å². The fourth-order valence-electron chi connectivity index (χ4n) is 2.91. The molecular weight excluding hydrogens is 430 g/mol. The Hall–Kier alpha value is -4.00. The molecule has 0 saturated heterocycles. The van der Waals surface area contributed by atoms with E-state index in [9.17, 15) is 18.4 Å². The van der Waals surface area contributed by atoms with Gasteiger partial charge in [-0.1, -0.05) is 43.5 Å². The second-order valence-electron chi connectivity index (χ2n) is 7.33. The molecule has 3 aromatic carbocycles. The lowest BCUT2D eigenvalue weighted by Crippen LogP contribution is -2.21. The van der Waals surface area contributed by atoms with E-state index < -0.39 is 18.0 Å². The molecule has 0 heterocycles. The standard InChI is InChI=1S/C26H22F2O5/c1-4-24(29)31-15-18-6-11-23(12-7-18)33-26(27,28)22-10-9-20-13-19(5-8-21(20)14-22)16-32-25(30)17(2)3/h4-14H,1-2,15-16H2,3H3. The van der Waals surface area contributed by atoms with Crippen LogP contribution in [0.1, 0.15) is 23.6 Å². The molecule has 7 heteroatoms. The van der Waals surface area contributed by atoms with Gasteiger partial charge in [-0.05, 0) is 59.2 Å². The summed E-state index contributed by atoms with van der Waals surface area (Å²) in [6.45, 7) is 8.44. The van der Waals surface area contributed by atoms with E-state index in [1.807, 2.05) is 0 Å². The molecule has 0 radical (unpaired) electrons. The van der Waals surface area contributed by atoms with Crippen LogP contribution in [-0.2, 0) is 38.4 Å². The van der Waals surface area contributed by atoms with Crippen molar-refractivity contribution in [2.75, 3.05) is 0 Å². The smallest absolute Gasteiger partial charge is 0.426 e. The summed E-state index contributed by atoms with van der Waals surface area (Å²) in [5, 5.41) is 1.31. The highest BCUT2D eigenvalue weighted by Crippen LogP contribution is 2.33. The van der Waals surface area contributed by atoms with Crippen LogP contribution in [0, 0.1) is 0 Å². The Morgan fingerprint density at radius 1 is 0.909 bits per heavy atom. The van der Waals surface area contributed by atoms with Crippen LogP contribution >= 0.6 is 0 Å². The minimum Gasteiger partial charge on any atom is -0.458 e. The van der Waals surface area contributed by atoms with Gasteiger partial charge in [0.25, 0.3) is 0 Å². The summed E-state index contributed by atoms with van der Waals surface area (Å²) in [6.07, 6.45) is -2.53. The van der Waals surface area contributed by atoms with E-state index in [4.69, 9.17) is 14.2 Å². The molecule has 0 spiro atoms. The Bertz CT molecular complexity index is 1200. The third-order valence-corrected chi connectivity index (χ3v) is 4.68. The highest BCUT2D eigenvalue weighted by atomic mass is 19.3. The number of alkyl halides is 2. The van der Waals surface area contributed by atoms with E-state index in [1.165, 1.54) is 36.4 Å². The van der Waals surface area contributed by atoms with Crippen molar-refractivity contribution in [3.05, 3.63) is 102 Å². The van der Waals surface area contributed by atoms with Crippen molar-refractivity contribution in [3.8, 4) is 5.75 Å². The van der Waals surface area contributed by atoms with E-state index in [0.717, 1.165) is 17.0 Å². The molecule has 0 bridgehead atoms. The summed E-state index contributed by atoms with van der Waals surface area (Å²) in [7, 11) is 0. The van der Waals surface area contributed by atoms with Gasteiger partial charge < -0.3 is 14.2 Å². The Morgan fingerprint density at radius 2 is 1.52 bits per heavy atom. The number of carbonyl (C=O) groups excluding carboxylic acids is 2. The van der Waals surface area contributed by atoms with E-state index in [-0.39, 0.29) is 24.5 Å². The minimum atomic E-state index is -3.57. The zero-order chi connectivity index (χ0) is 24.0. The lowest BCUT2D eigenvalue weighted by atomic mass is 10.0. The number of carbonyl (C=O) groups is 2. The van der Waals surface area contributed by atoms with E-state index in [2.05, 4.69) is 13.2 Å². The first-order chi connectivity index (χ1) is 15.7. The zero-order valence-corrected chi connectivity index (χ0v) is 18.0. The molecule has 0 aliphatic rings. The largest absolute Gasteiger partial charge is 0.458 e. The number of hydrogen-bond acceptors (Lipinski definition) is 5. The number of fused-ring (bicyclic) bond motifs is 1. The van der Waals surface area contributed by atoms with Crippen LogP contribution in [0.15, 0.2) is 85.5 Å². The maximum absolute atomic E-state index is 14.8. The molecule has 0 fully saturated rings. The van der Waals surface area contributed by atoms with Crippen molar-refractivity contribution in [1.29, 1.82) is 0 Å². The summed E-state index contributed by atoms with van der Waals surface area (Å²) in [5.74, 6) is -1.10. The highest BCUT2D eigenvalue weighted by Gasteiger charge is 2.34. The van der Waals surface area contributed by atoms with E-state index in [1.54, 1.807) is 31.2 Å². The predicted octanol–water partition coefficient (Wildman–Crippen LogP) is 5.82. The normalized spacial score (nSPS) is 11.0. The molecule has 0 amide bonds. The summed E-state index contributed by atoms with van der Waals surface area (Å²) < 4.78 is 44.5. The first-order valence-corrected chi connectivity index (χ1v) is 9.99. The van der Waals surface area contributed by atoms with Crippen LogP contribution < -0.4 is 4.74 Å². The molecule has 0 aromatic heterocycles. The number of hydrogen-bond donors (Lipinski definition) is 0. The average Bonchev–Trinajstić information content (AvgIpc) is 2.81. The predicted molar refractivity (Wildman–Crippen MR) is 120 cm³/mol. The third kappa shape index (κ3) is 6.26. The monoisotopic (exact) mass is 452 g/mol. The van der Waals surface area contributed by atoms with Gasteiger partial charge in [-0.25, -0.2) is 9.59 Å². The van der Waals surface area contributed by atoms with Crippen molar-refractivity contribution in [2.45, 2.75) is 26.2 Å². The Balaban J connectivity index is 1.70. The second kappa shape index (κ2) is 10.1. The lowest BCUT2D eigenvalue weighted by Gasteiger charge is -2.19. The van der Waals surface area contributed by atoms with Crippen LogP contribution in [0.2, 0.25) is 0 Å². The first-order valence-electron chi connectivity index (χ1n) is 9.99. The topological polar surface area (TPSA) is 61.8 Å². The van der Waals surface area contributed by atoms with Crippen LogP contribution in [-0.4, -0.2) is 11.9 Å². The lowest BCUT2D eigenvalue weighted by molar-refractivity contribution is -0.185. The van der Waals surface area contributed by atoms with Gasteiger partial charge in [0.2, 0.25) is 0 Å². The second-order valence-corrected chi connectivity index (χ2v) is 7.33. The summed E-state index contributed by atoms with van der Waals surface area (Å²) >= 11 is 0. The average molecular weight is 452 g/mol. The molecule has 170 valence electrons. The number of ether oxygens (including phenoxy) is 3. The van der Waals surface area contributed by atoms with Gasteiger partial charge in [-0.15, -0.1) is 0 Å². The van der Waals surface area contributed by atoms with Crippen molar-refractivity contribution in [3.63, 3.8) is 0 Å². The minimum absolute atomic E-state index is 0.000581. The van der Waals surface area contributed by atoms with Crippen LogP contribution in [0.4, 0.5) is 8.78 Å². The quantitative estimate of drug-likeness (QED) is 0.303. The molecule has 0 aliphatic carbocycles. The fourth-order valence-corrected chi connectivity index (χ4v) is 2.91. The molecular formula is C26H22F2O5. The van der Waals surface area contributed by atoms with Gasteiger partial charge in [0.15, 0.2) is 0 Å². The van der Waals surface area contributed by atoms with Crippen LogP contribution in [0.25, 0.3) is 10.8 Å². The summed E-state index contributed by atoms with van der Waals surface area (Å²) in [4.78, 5) is 22.6. The van der Waals surface area contributed by atoms with E-state index in [0.29, 0.717) is 16.5 Å². The molecule has 33 heavy (non-hydrogen) atoms. The maximum Gasteiger partial charge on any atom is 0.426 e. The van der Waals surface area contributed by atoms with Gasteiger partial charge in [0, 0.05) is 11.6 Å². The highest BCUT2D eigenvalue weighted by molar-refractivity contribution is 5.87. The van der Waals surface area contributed by atoms with Crippen molar-refractivity contribution < 1.29 is 32.6 Å². The molecule has 3 aromatic rings. The van der Waals surface area contributed by atoms with Gasteiger partial charge in [-0.3, -0.25) is 0 Å². The number of halogens is 2. The molecule has 0 N–H and O–H groups in total. The zero-order valence-electron chi connectivity index (χ0n) is 18.0. The van der Waals surface area contributed by atoms with Gasteiger partial charge in [-0.2, -0.15) is 8.78 Å². The molecule has 3 rings (SSSR count). The molecule has 0 aliphatic heterocycles. The van der Waals surface area contributed by atoms with Crippen molar-refractivity contribution in [1.82, 2.24) is 0 Å². The molecule has 0 saturated carbocycles. The van der Waals surface area contributed by atoms with Gasteiger partial charge in [0.1, 0.15) is 19.0 Å². The van der Waals surface area contributed by atoms with Crippen LogP contribution in [0.5, 0.6) is 5.75 Å². The summed E-state index contributed by atoms with van der Waals surface area (Å²) in [5.41, 5.74) is 1.34. The maximum atomic E-state index is 14.8. The van der Waals surface area contributed by atoms with Crippen molar-refractivity contribution >= 4 is 22.7 Å². The SMILES string of the molecule is C=CC(=O)OCc1ccc(OC(F)(F)c2ccc3cc(COC(=O)C(=C)C)ccc3c2)cc1. The number of rotatable bonds is 9. The number of esters is 2. The van der Waals surface area contributed by atoms with Gasteiger partial charge >= 0.3 is 18.0 Å². The Labute approximate surface area is 189 Å².